The van der Waals surface area contributed by atoms with Crippen LogP contribution in [0.3, 0.4) is 0 Å². The van der Waals surface area contributed by atoms with Gasteiger partial charge >= 0.3 is 12.1 Å². The number of likely N-dealkylation sites (tertiary alicyclic amines) is 1. The number of carbonyl (C=O) groups is 2. The zero-order chi connectivity index (χ0) is 15.8. The number of rotatable bonds is 3. The molecular formula is C13H11F4NO3. The van der Waals surface area contributed by atoms with Gasteiger partial charge in [0.1, 0.15) is 11.9 Å². The zero-order valence-electron chi connectivity index (χ0n) is 10.7. The maximum Gasteiger partial charge on any atom is 0.419 e. The Bertz CT molecular complexity index is 585. The number of amides is 1. The van der Waals surface area contributed by atoms with Gasteiger partial charge in [-0.15, -0.1) is 0 Å². The Morgan fingerprint density at radius 1 is 1.38 bits per heavy atom. The molecule has 114 valence electrons. The minimum atomic E-state index is -4.85. The number of benzene rings is 1. The summed E-state index contributed by atoms with van der Waals surface area (Å²) in [4.78, 5) is 23.6. The second kappa shape index (κ2) is 5.34. The smallest absolute Gasteiger partial charge is 0.419 e. The van der Waals surface area contributed by atoms with Crippen molar-refractivity contribution in [3.8, 4) is 0 Å². The van der Waals surface area contributed by atoms with Crippen LogP contribution in [-0.2, 0) is 22.3 Å². The van der Waals surface area contributed by atoms with Gasteiger partial charge in [-0.05, 0) is 24.1 Å². The Labute approximate surface area is 117 Å². The summed E-state index contributed by atoms with van der Waals surface area (Å²) in [5.41, 5.74) is -1.40. The van der Waals surface area contributed by atoms with Crippen molar-refractivity contribution in [3.05, 3.63) is 35.1 Å². The number of carboxylic acid groups (broad SMARTS) is 1. The highest BCUT2D eigenvalue weighted by Gasteiger charge is 2.37. The number of halogens is 4. The van der Waals surface area contributed by atoms with E-state index in [-0.39, 0.29) is 24.9 Å². The van der Waals surface area contributed by atoms with E-state index >= 15 is 0 Å². The minimum absolute atomic E-state index is 0.0320. The molecule has 4 nitrogen and oxygen atoms in total. The van der Waals surface area contributed by atoms with E-state index in [1.54, 1.807) is 0 Å². The van der Waals surface area contributed by atoms with Crippen LogP contribution in [0.15, 0.2) is 18.2 Å². The van der Waals surface area contributed by atoms with Crippen LogP contribution in [0.5, 0.6) is 0 Å². The molecule has 21 heavy (non-hydrogen) atoms. The van der Waals surface area contributed by atoms with E-state index in [0.717, 1.165) is 11.0 Å². The Balaban J connectivity index is 2.27. The molecule has 0 bridgehead atoms. The van der Waals surface area contributed by atoms with Gasteiger partial charge in [0.2, 0.25) is 5.91 Å². The van der Waals surface area contributed by atoms with Crippen LogP contribution in [0, 0.1) is 5.82 Å². The number of aliphatic carboxylic acids is 1. The molecule has 8 heteroatoms. The van der Waals surface area contributed by atoms with Crippen molar-refractivity contribution in [1.29, 1.82) is 0 Å². The van der Waals surface area contributed by atoms with Crippen LogP contribution in [0.1, 0.15) is 24.0 Å². The third-order valence-corrected chi connectivity index (χ3v) is 3.30. The molecule has 0 radical (unpaired) electrons. The van der Waals surface area contributed by atoms with Crippen LogP contribution >= 0.6 is 0 Å². The highest BCUT2D eigenvalue weighted by atomic mass is 19.4. The van der Waals surface area contributed by atoms with Crippen molar-refractivity contribution >= 4 is 11.9 Å². The molecule has 0 spiro atoms. The topological polar surface area (TPSA) is 57.6 Å². The Morgan fingerprint density at radius 2 is 2.05 bits per heavy atom. The summed E-state index contributed by atoms with van der Waals surface area (Å²) in [6, 6.07) is 1.31. The van der Waals surface area contributed by atoms with Crippen molar-refractivity contribution in [1.82, 2.24) is 4.90 Å². The first-order valence-corrected chi connectivity index (χ1v) is 6.08. The van der Waals surface area contributed by atoms with E-state index in [0.29, 0.717) is 12.1 Å². The molecule has 1 saturated heterocycles. The molecule has 1 aliphatic heterocycles. The van der Waals surface area contributed by atoms with Crippen molar-refractivity contribution in [2.75, 3.05) is 0 Å². The fraction of sp³-hybridized carbons (Fsp3) is 0.385. The lowest BCUT2D eigenvalue weighted by Gasteiger charge is -2.22. The lowest BCUT2D eigenvalue weighted by atomic mass is 10.1. The summed E-state index contributed by atoms with van der Waals surface area (Å²) < 4.78 is 51.0. The molecule has 1 fully saturated rings. The van der Waals surface area contributed by atoms with Gasteiger partial charge in [-0.25, -0.2) is 9.18 Å². The van der Waals surface area contributed by atoms with E-state index in [4.69, 9.17) is 5.11 Å². The van der Waals surface area contributed by atoms with Crippen molar-refractivity contribution in [2.45, 2.75) is 31.6 Å². The van der Waals surface area contributed by atoms with Gasteiger partial charge < -0.3 is 10.0 Å². The Morgan fingerprint density at radius 3 is 2.62 bits per heavy atom. The molecular weight excluding hydrogens is 294 g/mol. The van der Waals surface area contributed by atoms with Gasteiger partial charge in [-0.1, -0.05) is 6.07 Å². The Hall–Kier alpha value is -2.12. The zero-order valence-corrected chi connectivity index (χ0v) is 10.7. The average Bonchev–Trinajstić information content (AvgIpc) is 2.72. The lowest BCUT2D eigenvalue weighted by Crippen LogP contribution is -2.37. The maximum absolute atomic E-state index is 13.2. The van der Waals surface area contributed by atoms with Gasteiger partial charge in [0.25, 0.3) is 0 Å². The standard InChI is InChI=1S/C13H11F4NO3/c14-9-2-1-7(5-8(9)13(15,16)17)6-18-10(12(20)21)3-4-11(18)19/h1-2,5,10H,3-4,6H2,(H,20,21). The van der Waals surface area contributed by atoms with E-state index in [1.165, 1.54) is 0 Å². The second-order valence-electron chi connectivity index (χ2n) is 4.73. The third kappa shape index (κ3) is 3.14. The molecule has 2 rings (SSSR count). The van der Waals surface area contributed by atoms with E-state index in [2.05, 4.69) is 0 Å². The van der Waals surface area contributed by atoms with Gasteiger partial charge in [0, 0.05) is 13.0 Å². The summed E-state index contributed by atoms with van der Waals surface area (Å²) in [7, 11) is 0. The van der Waals surface area contributed by atoms with Crippen LogP contribution < -0.4 is 0 Å². The second-order valence-corrected chi connectivity index (χ2v) is 4.73. The first-order chi connectivity index (χ1) is 9.70. The largest absolute Gasteiger partial charge is 0.480 e. The Kier molecular flexibility index (Phi) is 3.89. The molecule has 1 unspecified atom stereocenters. The monoisotopic (exact) mass is 305 g/mol. The molecule has 1 N–H and O–H groups in total. The van der Waals surface area contributed by atoms with Gasteiger partial charge in [-0.2, -0.15) is 13.2 Å². The van der Waals surface area contributed by atoms with Gasteiger partial charge in [0.15, 0.2) is 0 Å². The predicted octanol–water partition coefficient (Wildman–Crippen LogP) is 2.42. The van der Waals surface area contributed by atoms with Crippen LogP contribution in [0.25, 0.3) is 0 Å². The highest BCUT2D eigenvalue weighted by molar-refractivity contribution is 5.87. The predicted molar refractivity (Wildman–Crippen MR) is 62.6 cm³/mol. The quantitative estimate of drug-likeness (QED) is 0.873. The first-order valence-electron chi connectivity index (χ1n) is 6.08. The van der Waals surface area contributed by atoms with Crippen molar-refractivity contribution < 1.29 is 32.3 Å². The number of nitrogens with zero attached hydrogens (tertiary/aromatic N) is 1. The minimum Gasteiger partial charge on any atom is -0.480 e. The number of carboxylic acids is 1. The average molecular weight is 305 g/mol. The molecule has 1 aromatic carbocycles. The summed E-state index contributed by atoms with van der Waals surface area (Å²) in [5, 5.41) is 8.97. The van der Waals surface area contributed by atoms with Gasteiger partial charge in [-0.3, -0.25) is 4.79 Å². The molecule has 1 aliphatic rings. The number of hydrogen-bond acceptors (Lipinski definition) is 2. The molecule has 1 atom stereocenters. The van der Waals surface area contributed by atoms with Crippen molar-refractivity contribution in [2.24, 2.45) is 0 Å². The molecule has 0 saturated carbocycles. The van der Waals surface area contributed by atoms with Crippen LogP contribution in [-0.4, -0.2) is 27.9 Å². The summed E-state index contributed by atoms with van der Waals surface area (Å²) in [5.74, 6) is -3.06. The highest BCUT2D eigenvalue weighted by Crippen LogP contribution is 2.32. The van der Waals surface area contributed by atoms with Gasteiger partial charge in [0.05, 0.1) is 5.56 Å². The summed E-state index contributed by atoms with van der Waals surface area (Å²) in [6.45, 7) is -0.293. The fourth-order valence-electron chi connectivity index (χ4n) is 2.27. The molecule has 1 aromatic rings. The lowest BCUT2D eigenvalue weighted by molar-refractivity contribution is -0.146. The summed E-state index contributed by atoms with van der Waals surface area (Å²) >= 11 is 0. The maximum atomic E-state index is 13.2. The first kappa shape index (κ1) is 15.3. The SMILES string of the molecule is O=C(O)C1CCC(=O)N1Cc1ccc(F)c(C(F)(F)F)c1. The van der Waals surface area contributed by atoms with Crippen molar-refractivity contribution in [3.63, 3.8) is 0 Å². The normalized spacial score (nSPS) is 19.1. The molecule has 0 aromatic heterocycles. The fourth-order valence-corrected chi connectivity index (χ4v) is 2.27. The molecule has 1 heterocycles. The number of carbonyl (C=O) groups excluding carboxylic acids is 1. The molecule has 0 aliphatic carbocycles. The summed E-state index contributed by atoms with van der Waals surface area (Å²) in [6.07, 6.45) is -4.70. The van der Waals surface area contributed by atoms with Crippen LogP contribution in [0.2, 0.25) is 0 Å². The third-order valence-electron chi connectivity index (χ3n) is 3.30. The van der Waals surface area contributed by atoms with E-state index < -0.39 is 35.5 Å². The van der Waals surface area contributed by atoms with E-state index in [1.807, 2.05) is 0 Å². The number of alkyl halides is 3. The molecule has 1 amide bonds. The van der Waals surface area contributed by atoms with Crippen LogP contribution in [0.4, 0.5) is 17.6 Å². The van der Waals surface area contributed by atoms with E-state index in [9.17, 15) is 27.2 Å². The number of hydrogen-bond donors (Lipinski definition) is 1.